The summed E-state index contributed by atoms with van der Waals surface area (Å²) in [7, 11) is 3.65. The molecule has 0 saturated heterocycles. The van der Waals surface area contributed by atoms with Crippen molar-refractivity contribution < 1.29 is 9.18 Å². The smallest absolute Gasteiger partial charge is 0.236 e. The minimum absolute atomic E-state index is 0.000675. The van der Waals surface area contributed by atoms with Crippen LogP contribution < -0.4 is 0 Å². The molecular weight excluding hydrogens is 327 g/mol. The van der Waals surface area contributed by atoms with Gasteiger partial charge in [-0.2, -0.15) is 0 Å². The lowest BCUT2D eigenvalue weighted by molar-refractivity contribution is -0.131. The first kappa shape index (κ1) is 18.4. The van der Waals surface area contributed by atoms with Crippen LogP contribution in [-0.4, -0.2) is 36.3 Å². The zero-order valence-electron chi connectivity index (χ0n) is 14.2. The minimum Gasteiger partial charge on any atom is -0.340 e. The Bertz CT molecular complexity index is 690. The monoisotopic (exact) mass is 348 g/mol. The number of likely N-dealkylation sites (N-methyl/N-ethyl adjacent to an activating group) is 2. The van der Waals surface area contributed by atoms with Crippen molar-refractivity contribution in [3.05, 3.63) is 70.5 Å². The van der Waals surface area contributed by atoms with E-state index in [-0.39, 0.29) is 24.3 Å². The minimum atomic E-state index is -0.277. The highest BCUT2D eigenvalue weighted by molar-refractivity contribution is 6.31. The topological polar surface area (TPSA) is 23.6 Å². The molecule has 1 atom stereocenters. The molecule has 0 aliphatic carbocycles. The molecule has 0 aromatic heterocycles. The van der Waals surface area contributed by atoms with E-state index in [1.54, 1.807) is 24.1 Å². The van der Waals surface area contributed by atoms with E-state index < -0.39 is 0 Å². The summed E-state index contributed by atoms with van der Waals surface area (Å²) in [6, 6.07) is 13.9. The van der Waals surface area contributed by atoms with E-state index in [1.807, 2.05) is 43.1 Å². The molecule has 0 N–H and O–H groups in total. The van der Waals surface area contributed by atoms with E-state index >= 15 is 0 Å². The van der Waals surface area contributed by atoms with Gasteiger partial charge in [0.1, 0.15) is 5.82 Å². The molecule has 0 aliphatic rings. The van der Waals surface area contributed by atoms with Crippen LogP contribution in [0.4, 0.5) is 4.39 Å². The molecule has 0 bridgehead atoms. The molecular formula is C19H22ClFN2O. The number of nitrogens with zero attached hydrogens (tertiary/aromatic N) is 2. The summed E-state index contributed by atoms with van der Waals surface area (Å²) in [6.45, 7) is 2.76. The van der Waals surface area contributed by atoms with Crippen LogP contribution in [0.3, 0.4) is 0 Å². The van der Waals surface area contributed by atoms with E-state index in [0.717, 1.165) is 11.1 Å². The first-order chi connectivity index (χ1) is 11.4. The van der Waals surface area contributed by atoms with Crippen LogP contribution in [0.15, 0.2) is 48.5 Å². The van der Waals surface area contributed by atoms with Crippen molar-refractivity contribution >= 4 is 17.5 Å². The van der Waals surface area contributed by atoms with E-state index in [4.69, 9.17) is 11.6 Å². The normalized spacial score (nSPS) is 12.2. The van der Waals surface area contributed by atoms with Crippen molar-refractivity contribution in [2.24, 2.45) is 0 Å². The second kappa shape index (κ2) is 8.27. The lowest BCUT2D eigenvalue weighted by Gasteiger charge is -2.27. The maximum absolute atomic E-state index is 12.9. The molecule has 0 radical (unpaired) electrons. The largest absolute Gasteiger partial charge is 0.340 e. The highest BCUT2D eigenvalue weighted by Crippen LogP contribution is 2.26. The molecule has 5 heteroatoms. The molecule has 24 heavy (non-hydrogen) atoms. The number of hydrogen-bond donors (Lipinski definition) is 0. The van der Waals surface area contributed by atoms with Crippen LogP contribution in [-0.2, 0) is 11.3 Å². The number of rotatable bonds is 6. The number of benzene rings is 2. The number of hydrogen-bond acceptors (Lipinski definition) is 2. The molecule has 1 unspecified atom stereocenters. The Morgan fingerprint density at radius 1 is 1.12 bits per heavy atom. The Labute approximate surface area is 147 Å². The molecule has 3 nitrogen and oxygen atoms in total. The molecule has 0 fully saturated rings. The van der Waals surface area contributed by atoms with E-state index in [2.05, 4.69) is 0 Å². The Morgan fingerprint density at radius 3 is 2.38 bits per heavy atom. The molecule has 0 saturated carbocycles. The van der Waals surface area contributed by atoms with Gasteiger partial charge in [0.2, 0.25) is 5.91 Å². The van der Waals surface area contributed by atoms with Crippen molar-refractivity contribution in [3.63, 3.8) is 0 Å². The van der Waals surface area contributed by atoms with E-state index in [1.165, 1.54) is 12.1 Å². The van der Waals surface area contributed by atoms with Crippen LogP contribution in [0.1, 0.15) is 24.1 Å². The van der Waals surface area contributed by atoms with E-state index in [0.29, 0.717) is 11.6 Å². The highest BCUT2D eigenvalue weighted by Gasteiger charge is 2.19. The molecule has 128 valence electrons. The third kappa shape index (κ3) is 4.79. The zero-order chi connectivity index (χ0) is 17.7. The van der Waals surface area contributed by atoms with Gasteiger partial charge in [-0.25, -0.2) is 4.39 Å². The molecule has 2 rings (SSSR count). The van der Waals surface area contributed by atoms with Gasteiger partial charge in [-0.15, -0.1) is 0 Å². The van der Waals surface area contributed by atoms with Gasteiger partial charge in [-0.1, -0.05) is 41.9 Å². The zero-order valence-corrected chi connectivity index (χ0v) is 14.9. The molecule has 0 aliphatic heterocycles. The standard InChI is InChI=1S/C19H22ClFN2O/c1-14(17-6-4-5-7-18(17)20)22(2)13-19(24)23(3)12-15-8-10-16(21)11-9-15/h4-11,14H,12-13H2,1-3H3. The van der Waals surface area contributed by atoms with Crippen LogP contribution in [0.25, 0.3) is 0 Å². The Morgan fingerprint density at radius 2 is 1.75 bits per heavy atom. The maximum Gasteiger partial charge on any atom is 0.236 e. The summed E-state index contributed by atoms with van der Waals surface area (Å²) in [5.74, 6) is -0.276. The molecule has 2 aromatic rings. The Balaban J connectivity index is 1.95. The predicted octanol–water partition coefficient (Wildman–Crippen LogP) is 4.13. The van der Waals surface area contributed by atoms with Gasteiger partial charge in [0.05, 0.1) is 6.54 Å². The third-order valence-corrected chi connectivity index (χ3v) is 4.50. The molecule has 0 heterocycles. The first-order valence-corrected chi connectivity index (χ1v) is 8.19. The van der Waals surface area contributed by atoms with Gasteiger partial charge in [0.25, 0.3) is 0 Å². The fourth-order valence-electron chi connectivity index (χ4n) is 2.47. The van der Waals surface area contributed by atoms with Gasteiger partial charge >= 0.3 is 0 Å². The summed E-state index contributed by atoms with van der Waals surface area (Å²) < 4.78 is 12.9. The summed E-state index contributed by atoms with van der Waals surface area (Å²) in [6.07, 6.45) is 0. The van der Waals surface area contributed by atoms with Crippen LogP contribution in [0.5, 0.6) is 0 Å². The number of carbonyl (C=O) groups excluding carboxylic acids is 1. The lowest BCUT2D eigenvalue weighted by Crippen LogP contribution is -2.37. The quantitative estimate of drug-likeness (QED) is 0.783. The van der Waals surface area contributed by atoms with E-state index in [9.17, 15) is 9.18 Å². The molecule has 1 amide bonds. The van der Waals surface area contributed by atoms with Crippen LogP contribution in [0.2, 0.25) is 5.02 Å². The summed E-state index contributed by atoms with van der Waals surface area (Å²) in [5.41, 5.74) is 1.89. The average Bonchev–Trinajstić information content (AvgIpc) is 2.56. The van der Waals surface area contributed by atoms with Gasteiger partial charge in [0, 0.05) is 24.7 Å². The lowest BCUT2D eigenvalue weighted by atomic mass is 10.1. The van der Waals surface area contributed by atoms with Gasteiger partial charge in [-0.3, -0.25) is 9.69 Å². The molecule has 0 spiro atoms. The second-order valence-corrected chi connectivity index (χ2v) is 6.40. The number of halogens is 2. The van der Waals surface area contributed by atoms with Crippen molar-refractivity contribution in [3.8, 4) is 0 Å². The van der Waals surface area contributed by atoms with Crippen LogP contribution >= 0.6 is 11.6 Å². The van der Waals surface area contributed by atoms with Crippen molar-refractivity contribution in [2.75, 3.05) is 20.6 Å². The summed E-state index contributed by atoms with van der Waals surface area (Å²) in [4.78, 5) is 16.0. The Hall–Kier alpha value is -1.91. The average molecular weight is 349 g/mol. The van der Waals surface area contributed by atoms with Gasteiger partial charge in [-0.05, 0) is 43.3 Å². The van der Waals surface area contributed by atoms with Crippen molar-refractivity contribution in [1.82, 2.24) is 9.80 Å². The first-order valence-electron chi connectivity index (χ1n) is 7.81. The fourth-order valence-corrected chi connectivity index (χ4v) is 2.77. The molecule has 2 aromatic carbocycles. The third-order valence-electron chi connectivity index (χ3n) is 4.16. The number of amides is 1. The highest BCUT2D eigenvalue weighted by atomic mass is 35.5. The van der Waals surface area contributed by atoms with Gasteiger partial charge in [0.15, 0.2) is 0 Å². The predicted molar refractivity (Wildman–Crippen MR) is 95.4 cm³/mol. The Kier molecular flexibility index (Phi) is 6.35. The maximum atomic E-state index is 12.9. The second-order valence-electron chi connectivity index (χ2n) is 5.99. The van der Waals surface area contributed by atoms with Gasteiger partial charge < -0.3 is 4.90 Å². The van der Waals surface area contributed by atoms with Crippen molar-refractivity contribution in [1.29, 1.82) is 0 Å². The van der Waals surface area contributed by atoms with Crippen LogP contribution in [0, 0.1) is 5.82 Å². The SMILES string of the molecule is CC(c1ccccc1Cl)N(C)CC(=O)N(C)Cc1ccc(F)cc1. The summed E-state index contributed by atoms with van der Waals surface area (Å²) >= 11 is 6.23. The summed E-state index contributed by atoms with van der Waals surface area (Å²) in [5, 5.41) is 0.698. The number of carbonyl (C=O) groups is 1. The fraction of sp³-hybridized carbons (Fsp3) is 0.316. The van der Waals surface area contributed by atoms with Crippen molar-refractivity contribution in [2.45, 2.75) is 19.5 Å².